The third kappa shape index (κ3) is 1.96. The summed E-state index contributed by atoms with van der Waals surface area (Å²) >= 11 is 0. The van der Waals surface area contributed by atoms with Gasteiger partial charge in [0.15, 0.2) is 0 Å². The highest BCUT2D eigenvalue weighted by molar-refractivity contribution is 5.39. The second-order valence-corrected chi connectivity index (χ2v) is 4.97. The van der Waals surface area contributed by atoms with E-state index in [-0.39, 0.29) is 0 Å². The zero-order chi connectivity index (χ0) is 11.6. The van der Waals surface area contributed by atoms with Gasteiger partial charge in [0.2, 0.25) is 0 Å². The first kappa shape index (κ1) is 11.2. The lowest BCUT2D eigenvalue weighted by Gasteiger charge is -2.23. The smallest absolute Gasteiger partial charge is 0.0769 e. The molecule has 0 unspecified atom stereocenters. The van der Waals surface area contributed by atoms with Gasteiger partial charge in [-0.25, -0.2) is 0 Å². The van der Waals surface area contributed by atoms with E-state index >= 15 is 0 Å². The second-order valence-electron chi connectivity index (χ2n) is 4.97. The lowest BCUT2D eigenvalue weighted by molar-refractivity contribution is 0.606. The van der Waals surface area contributed by atoms with Crippen LogP contribution in [-0.4, -0.2) is 6.54 Å². The Morgan fingerprint density at radius 2 is 2.12 bits per heavy atom. The third-order valence-corrected chi connectivity index (χ3v) is 3.35. The molecule has 1 heterocycles. The van der Waals surface area contributed by atoms with Crippen LogP contribution in [0, 0.1) is 11.3 Å². The molecule has 1 fully saturated rings. The number of nitrogens with zero attached hydrogens (tertiary/aromatic N) is 1. The van der Waals surface area contributed by atoms with E-state index in [2.05, 4.69) is 29.6 Å². The first-order valence-corrected chi connectivity index (χ1v) is 5.89. The average Bonchev–Trinajstić information content (AvgIpc) is 2.82. The van der Waals surface area contributed by atoms with E-state index in [0.717, 1.165) is 12.1 Å². The summed E-state index contributed by atoms with van der Waals surface area (Å²) in [5.74, 6) is 0. The van der Waals surface area contributed by atoms with Crippen molar-refractivity contribution in [3.63, 3.8) is 0 Å². The first-order valence-electron chi connectivity index (χ1n) is 5.89. The lowest BCUT2D eigenvalue weighted by Crippen LogP contribution is -2.21. The van der Waals surface area contributed by atoms with Gasteiger partial charge in [-0.05, 0) is 44.4 Å². The molecular formula is C14H18N2. The predicted molar refractivity (Wildman–Crippen MR) is 65.1 cm³/mol. The van der Waals surface area contributed by atoms with Crippen LogP contribution in [0.1, 0.15) is 43.9 Å². The van der Waals surface area contributed by atoms with E-state index in [1.165, 1.54) is 18.4 Å². The summed E-state index contributed by atoms with van der Waals surface area (Å²) in [7, 11) is 0. The van der Waals surface area contributed by atoms with Crippen molar-refractivity contribution in [2.75, 3.05) is 6.54 Å². The Balaban J connectivity index is 2.42. The number of benzene rings is 1. The average molecular weight is 214 g/mol. The van der Waals surface area contributed by atoms with Crippen molar-refractivity contribution in [2.24, 2.45) is 0 Å². The number of nitrogens with one attached hydrogen (secondary N) is 1. The van der Waals surface area contributed by atoms with E-state index in [1.807, 2.05) is 19.9 Å². The van der Waals surface area contributed by atoms with E-state index < -0.39 is 5.41 Å². The van der Waals surface area contributed by atoms with E-state index in [9.17, 15) is 5.26 Å². The molecule has 84 valence electrons. The molecule has 0 amide bonds. The number of nitriles is 1. The van der Waals surface area contributed by atoms with Crippen molar-refractivity contribution in [1.29, 1.82) is 5.26 Å². The molecule has 16 heavy (non-hydrogen) atoms. The topological polar surface area (TPSA) is 35.8 Å². The maximum absolute atomic E-state index is 9.24. The van der Waals surface area contributed by atoms with Crippen LogP contribution < -0.4 is 5.32 Å². The fourth-order valence-corrected chi connectivity index (χ4v) is 2.38. The number of hydrogen-bond donors (Lipinski definition) is 1. The molecule has 1 aliphatic rings. The van der Waals surface area contributed by atoms with Crippen molar-refractivity contribution in [3.05, 3.63) is 35.4 Å². The Labute approximate surface area is 97.3 Å². The van der Waals surface area contributed by atoms with Crippen molar-refractivity contribution >= 4 is 0 Å². The first-order chi connectivity index (χ1) is 7.65. The SMILES string of the molecule is CC(C)(C#N)c1ccccc1[C@@H]1CCCN1. The quantitative estimate of drug-likeness (QED) is 0.821. The summed E-state index contributed by atoms with van der Waals surface area (Å²) in [6.07, 6.45) is 2.41. The standard InChI is InChI=1S/C14H18N2/c1-14(2,10-15)12-7-4-3-6-11(12)13-8-5-9-16-13/h3-4,6-7,13,16H,5,8-9H2,1-2H3/t13-/m0/s1. The highest BCUT2D eigenvalue weighted by atomic mass is 14.9. The van der Waals surface area contributed by atoms with Crippen LogP contribution in [0.15, 0.2) is 24.3 Å². The van der Waals surface area contributed by atoms with Crippen molar-refractivity contribution < 1.29 is 0 Å². The van der Waals surface area contributed by atoms with Gasteiger partial charge in [-0.2, -0.15) is 5.26 Å². The molecule has 0 bridgehead atoms. The zero-order valence-corrected chi connectivity index (χ0v) is 9.96. The van der Waals surface area contributed by atoms with Gasteiger partial charge in [0.25, 0.3) is 0 Å². The van der Waals surface area contributed by atoms with Crippen LogP contribution in [-0.2, 0) is 5.41 Å². The monoisotopic (exact) mass is 214 g/mol. The molecule has 2 heteroatoms. The van der Waals surface area contributed by atoms with Crippen molar-refractivity contribution in [1.82, 2.24) is 5.32 Å². The molecule has 0 saturated carbocycles. The maximum Gasteiger partial charge on any atom is 0.0769 e. The third-order valence-electron chi connectivity index (χ3n) is 3.35. The van der Waals surface area contributed by atoms with Crippen LogP contribution in [0.5, 0.6) is 0 Å². The molecular weight excluding hydrogens is 196 g/mol. The highest BCUT2D eigenvalue weighted by Crippen LogP contribution is 2.32. The summed E-state index contributed by atoms with van der Waals surface area (Å²) in [4.78, 5) is 0. The molecule has 0 aromatic heterocycles. The van der Waals surface area contributed by atoms with Gasteiger partial charge in [0, 0.05) is 6.04 Å². The van der Waals surface area contributed by atoms with Gasteiger partial charge in [-0.3, -0.25) is 0 Å². The Bertz CT molecular complexity index is 409. The number of rotatable bonds is 2. The largest absolute Gasteiger partial charge is 0.310 e. The minimum absolute atomic E-state index is 0.402. The van der Waals surface area contributed by atoms with Crippen LogP contribution in [0.2, 0.25) is 0 Å². The van der Waals surface area contributed by atoms with Crippen molar-refractivity contribution in [3.8, 4) is 6.07 Å². The molecule has 0 aliphatic carbocycles. The van der Waals surface area contributed by atoms with Crippen LogP contribution in [0.25, 0.3) is 0 Å². The lowest BCUT2D eigenvalue weighted by atomic mass is 9.81. The van der Waals surface area contributed by atoms with Gasteiger partial charge in [-0.15, -0.1) is 0 Å². The summed E-state index contributed by atoms with van der Waals surface area (Å²) in [5, 5.41) is 12.7. The van der Waals surface area contributed by atoms with Crippen LogP contribution >= 0.6 is 0 Å². The normalized spacial score (nSPS) is 20.7. The summed E-state index contributed by atoms with van der Waals surface area (Å²) < 4.78 is 0. The van der Waals surface area contributed by atoms with E-state index in [1.54, 1.807) is 0 Å². The summed E-state index contributed by atoms with van der Waals surface area (Å²) in [6, 6.07) is 11.1. The predicted octanol–water partition coefficient (Wildman–Crippen LogP) is 2.91. The van der Waals surface area contributed by atoms with E-state index in [0.29, 0.717) is 6.04 Å². The Morgan fingerprint density at radius 1 is 1.38 bits per heavy atom. The Kier molecular flexibility index (Phi) is 2.98. The van der Waals surface area contributed by atoms with Gasteiger partial charge < -0.3 is 5.32 Å². The summed E-state index contributed by atoms with van der Waals surface area (Å²) in [5.41, 5.74) is 2.06. The fraction of sp³-hybridized carbons (Fsp3) is 0.500. The summed E-state index contributed by atoms with van der Waals surface area (Å²) in [6.45, 7) is 5.06. The van der Waals surface area contributed by atoms with E-state index in [4.69, 9.17) is 0 Å². The molecule has 1 atom stereocenters. The minimum atomic E-state index is -0.402. The van der Waals surface area contributed by atoms with Crippen molar-refractivity contribution in [2.45, 2.75) is 38.1 Å². The van der Waals surface area contributed by atoms with Crippen LogP contribution in [0.4, 0.5) is 0 Å². The Morgan fingerprint density at radius 3 is 2.75 bits per heavy atom. The van der Waals surface area contributed by atoms with Gasteiger partial charge in [0.1, 0.15) is 0 Å². The molecule has 1 saturated heterocycles. The highest BCUT2D eigenvalue weighted by Gasteiger charge is 2.27. The maximum atomic E-state index is 9.24. The molecule has 1 aliphatic heterocycles. The molecule has 1 aromatic carbocycles. The fourth-order valence-electron chi connectivity index (χ4n) is 2.38. The molecule has 0 radical (unpaired) electrons. The number of hydrogen-bond acceptors (Lipinski definition) is 2. The zero-order valence-electron chi connectivity index (χ0n) is 9.96. The molecule has 1 aromatic rings. The van der Waals surface area contributed by atoms with Crippen LogP contribution in [0.3, 0.4) is 0 Å². The minimum Gasteiger partial charge on any atom is -0.310 e. The van der Waals surface area contributed by atoms with Gasteiger partial charge >= 0.3 is 0 Å². The van der Waals surface area contributed by atoms with Gasteiger partial charge in [-0.1, -0.05) is 24.3 Å². The molecule has 0 spiro atoms. The van der Waals surface area contributed by atoms with Gasteiger partial charge in [0.05, 0.1) is 11.5 Å². The molecule has 2 nitrogen and oxygen atoms in total. The second kappa shape index (κ2) is 4.27. The Hall–Kier alpha value is -1.33. The molecule has 2 rings (SSSR count). The molecule has 1 N–H and O–H groups in total.